The number of sulfonamides is 1. The van der Waals surface area contributed by atoms with Crippen LogP contribution in [0.3, 0.4) is 0 Å². The van der Waals surface area contributed by atoms with E-state index in [1.54, 1.807) is 12.1 Å². The molecule has 146 valence electrons. The fourth-order valence-corrected chi connectivity index (χ4v) is 3.44. The first-order chi connectivity index (χ1) is 13.4. The van der Waals surface area contributed by atoms with Gasteiger partial charge in [-0.3, -0.25) is 4.79 Å². The molecule has 3 rings (SSSR count). The summed E-state index contributed by atoms with van der Waals surface area (Å²) < 4.78 is 28.0. The van der Waals surface area contributed by atoms with Gasteiger partial charge in [0.2, 0.25) is 21.8 Å². The molecule has 0 aliphatic carbocycles. The average Bonchev–Trinajstić information content (AvgIpc) is 3.16. The van der Waals surface area contributed by atoms with E-state index in [1.807, 2.05) is 30.3 Å². The number of thioether (sulfide) groups is 1. The number of aromatic nitrogens is 2. The quantitative estimate of drug-likeness (QED) is 0.534. The van der Waals surface area contributed by atoms with Gasteiger partial charge in [-0.2, -0.15) is 0 Å². The Kier molecular flexibility index (Phi) is 6.45. The molecule has 0 fully saturated rings. The SMILES string of the molecule is NS(=O)(=O)c1ccc(CCNC(=O)CSc2nnc(-c3ccccc3)o2)cc1. The number of nitrogens with two attached hydrogens (primary N) is 1. The van der Waals surface area contributed by atoms with Crippen molar-refractivity contribution < 1.29 is 17.6 Å². The number of carbonyl (C=O) groups excluding carboxylic acids is 1. The number of nitrogens with zero attached hydrogens (tertiary/aromatic N) is 2. The molecule has 2 aromatic carbocycles. The lowest BCUT2D eigenvalue weighted by Gasteiger charge is -2.05. The largest absolute Gasteiger partial charge is 0.411 e. The zero-order chi connectivity index (χ0) is 20.0. The van der Waals surface area contributed by atoms with E-state index in [4.69, 9.17) is 9.56 Å². The first kappa shape index (κ1) is 20.1. The first-order valence-electron chi connectivity index (χ1n) is 8.32. The second-order valence-electron chi connectivity index (χ2n) is 5.82. The number of nitrogens with one attached hydrogen (secondary N) is 1. The van der Waals surface area contributed by atoms with Gasteiger partial charge in [-0.25, -0.2) is 13.6 Å². The molecule has 1 aromatic heterocycles. The number of rotatable bonds is 8. The maximum Gasteiger partial charge on any atom is 0.277 e. The summed E-state index contributed by atoms with van der Waals surface area (Å²) in [4.78, 5) is 12.0. The van der Waals surface area contributed by atoms with Crippen LogP contribution in [0.15, 0.2) is 69.1 Å². The normalized spacial score (nSPS) is 11.3. The van der Waals surface area contributed by atoms with Gasteiger partial charge < -0.3 is 9.73 Å². The van der Waals surface area contributed by atoms with Crippen LogP contribution >= 0.6 is 11.8 Å². The number of primary sulfonamides is 1. The summed E-state index contributed by atoms with van der Waals surface area (Å²) in [7, 11) is -3.70. The Balaban J connectivity index is 1.42. The van der Waals surface area contributed by atoms with Crippen LogP contribution in [0.4, 0.5) is 0 Å². The van der Waals surface area contributed by atoms with Crippen LogP contribution in [0.5, 0.6) is 0 Å². The van der Waals surface area contributed by atoms with E-state index < -0.39 is 10.0 Å². The highest BCUT2D eigenvalue weighted by atomic mass is 32.2. The molecular formula is C18H18N4O4S2. The van der Waals surface area contributed by atoms with Gasteiger partial charge in [-0.1, -0.05) is 42.1 Å². The van der Waals surface area contributed by atoms with Crippen molar-refractivity contribution in [1.82, 2.24) is 15.5 Å². The number of hydrogen-bond acceptors (Lipinski definition) is 7. The van der Waals surface area contributed by atoms with Crippen LogP contribution in [0, 0.1) is 0 Å². The molecule has 3 N–H and O–H groups in total. The predicted molar refractivity (Wildman–Crippen MR) is 105 cm³/mol. The summed E-state index contributed by atoms with van der Waals surface area (Å²) in [6.07, 6.45) is 0.569. The summed E-state index contributed by atoms with van der Waals surface area (Å²) in [6.45, 7) is 0.424. The summed E-state index contributed by atoms with van der Waals surface area (Å²) >= 11 is 1.16. The van der Waals surface area contributed by atoms with Crippen LogP contribution in [0.2, 0.25) is 0 Å². The third kappa shape index (κ3) is 5.65. The topological polar surface area (TPSA) is 128 Å². The first-order valence-corrected chi connectivity index (χ1v) is 10.9. The monoisotopic (exact) mass is 418 g/mol. The molecule has 3 aromatic rings. The molecule has 0 radical (unpaired) electrons. The average molecular weight is 419 g/mol. The highest BCUT2D eigenvalue weighted by Gasteiger charge is 2.11. The van der Waals surface area contributed by atoms with Crippen molar-refractivity contribution in [2.45, 2.75) is 16.5 Å². The molecule has 0 aliphatic heterocycles. The fourth-order valence-electron chi connectivity index (χ4n) is 2.34. The lowest BCUT2D eigenvalue weighted by Crippen LogP contribution is -2.27. The van der Waals surface area contributed by atoms with Crippen molar-refractivity contribution in [3.63, 3.8) is 0 Å². The molecule has 0 unspecified atom stereocenters. The van der Waals surface area contributed by atoms with E-state index >= 15 is 0 Å². The molecule has 8 nitrogen and oxygen atoms in total. The maximum absolute atomic E-state index is 12.0. The van der Waals surface area contributed by atoms with E-state index in [2.05, 4.69) is 15.5 Å². The van der Waals surface area contributed by atoms with Crippen molar-refractivity contribution in [1.29, 1.82) is 0 Å². The Bertz CT molecular complexity index is 1030. The third-order valence-electron chi connectivity index (χ3n) is 3.74. The van der Waals surface area contributed by atoms with Crippen LogP contribution < -0.4 is 10.5 Å². The van der Waals surface area contributed by atoms with E-state index in [9.17, 15) is 13.2 Å². The molecule has 0 saturated heterocycles. The molecule has 0 spiro atoms. The number of benzene rings is 2. The molecule has 0 atom stereocenters. The van der Waals surface area contributed by atoms with E-state index in [-0.39, 0.29) is 16.6 Å². The van der Waals surface area contributed by atoms with Crippen molar-refractivity contribution in [2.24, 2.45) is 5.14 Å². The number of hydrogen-bond donors (Lipinski definition) is 2. The van der Waals surface area contributed by atoms with Crippen LogP contribution in [-0.4, -0.2) is 36.8 Å². The van der Waals surface area contributed by atoms with E-state index in [0.29, 0.717) is 24.1 Å². The Labute approximate surface area is 166 Å². The molecule has 1 heterocycles. The van der Waals surface area contributed by atoms with Crippen LogP contribution in [0.25, 0.3) is 11.5 Å². The number of amides is 1. The van der Waals surface area contributed by atoms with Crippen LogP contribution in [0.1, 0.15) is 5.56 Å². The zero-order valence-corrected chi connectivity index (χ0v) is 16.4. The lowest BCUT2D eigenvalue weighted by molar-refractivity contribution is -0.118. The van der Waals surface area contributed by atoms with Gasteiger partial charge in [0.05, 0.1) is 10.6 Å². The van der Waals surface area contributed by atoms with Crippen molar-refractivity contribution in [2.75, 3.05) is 12.3 Å². The number of carbonyl (C=O) groups is 1. The Hall–Kier alpha value is -2.69. The molecule has 0 bridgehead atoms. The summed E-state index contributed by atoms with van der Waals surface area (Å²) in [5.41, 5.74) is 1.71. The van der Waals surface area contributed by atoms with Gasteiger partial charge in [0, 0.05) is 12.1 Å². The van der Waals surface area contributed by atoms with E-state index in [0.717, 1.165) is 22.9 Å². The second kappa shape index (κ2) is 9.00. The lowest BCUT2D eigenvalue weighted by atomic mass is 10.1. The summed E-state index contributed by atoms with van der Waals surface area (Å²) in [6, 6.07) is 15.6. The molecule has 1 amide bonds. The highest BCUT2D eigenvalue weighted by molar-refractivity contribution is 7.99. The fraction of sp³-hybridized carbons (Fsp3) is 0.167. The molecule has 0 saturated carbocycles. The second-order valence-corrected chi connectivity index (χ2v) is 8.30. The van der Waals surface area contributed by atoms with Gasteiger partial charge >= 0.3 is 0 Å². The predicted octanol–water partition coefficient (Wildman–Crippen LogP) is 1.83. The maximum atomic E-state index is 12.0. The Morgan fingerprint density at radius 1 is 1.07 bits per heavy atom. The summed E-state index contributed by atoms with van der Waals surface area (Å²) in [5, 5.41) is 16.1. The minimum absolute atomic E-state index is 0.0612. The van der Waals surface area contributed by atoms with Gasteiger partial charge in [-0.05, 0) is 36.2 Å². The third-order valence-corrected chi connectivity index (χ3v) is 5.49. The van der Waals surface area contributed by atoms with Crippen LogP contribution in [-0.2, 0) is 21.2 Å². The Morgan fingerprint density at radius 2 is 1.79 bits per heavy atom. The smallest absolute Gasteiger partial charge is 0.277 e. The van der Waals surface area contributed by atoms with Gasteiger partial charge in [0.1, 0.15) is 0 Å². The van der Waals surface area contributed by atoms with Crippen molar-refractivity contribution in [3.05, 3.63) is 60.2 Å². The molecule has 28 heavy (non-hydrogen) atoms. The molecular weight excluding hydrogens is 400 g/mol. The summed E-state index contributed by atoms with van der Waals surface area (Å²) in [5.74, 6) is 0.401. The van der Waals surface area contributed by atoms with Crippen molar-refractivity contribution >= 4 is 27.7 Å². The zero-order valence-electron chi connectivity index (χ0n) is 14.7. The van der Waals surface area contributed by atoms with Gasteiger partial charge in [0.15, 0.2) is 0 Å². The van der Waals surface area contributed by atoms with E-state index in [1.165, 1.54) is 12.1 Å². The van der Waals surface area contributed by atoms with Gasteiger partial charge in [0.25, 0.3) is 5.22 Å². The molecule has 0 aliphatic rings. The van der Waals surface area contributed by atoms with Crippen molar-refractivity contribution in [3.8, 4) is 11.5 Å². The minimum atomic E-state index is -3.70. The van der Waals surface area contributed by atoms with Gasteiger partial charge in [-0.15, -0.1) is 10.2 Å². The Morgan fingerprint density at radius 3 is 2.46 bits per heavy atom. The highest BCUT2D eigenvalue weighted by Crippen LogP contribution is 2.22. The molecule has 10 heteroatoms. The standard InChI is InChI=1S/C18H18N4O4S2/c19-28(24,25)15-8-6-13(7-9-15)10-11-20-16(23)12-27-18-22-21-17(26-18)14-4-2-1-3-5-14/h1-9H,10-12H2,(H,20,23)(H2,19,24,25). The minimum Gasteiger partial charge on any atom is -0.411 e.